The Morgan fingerprint density at radius 2 is 1.82 bits per heavy atom. The van der Waals surface area contributed by atoms with E-state index in [2.05, 4.69) is 30.4 Å². The van der Waals surface area contributed by atoms with E-state index in [0.717, 1.165) is 11.1 Å². The number of nitrogens with zero attached hydrogens (tertiary/aromatic N) is 1. The molecule has 0 saturated heterocycles. The van der Waals surface area contributed by atoms with Gasteiger partial charge in [-0.05, 0) is 72.0 Å². The second-order valence-corrected chi connectivity index (χ2v) is 8.17. The van der Waals surface area contributed by atoms with E-state index in [9.17, 15) is 9.59 Å². The van der Waals surface area contributed by atoms with E-state index in [4.69, 9.17) is 21.1 Å². The maximum atomic E-state index is 12.2. The fraction of sp³-hybridized carbons (Fsp3) is 0.192. The molecule has 0 heterocycles. The van der Waals surface area contributed by atoms with Crippen LogP contribution < -0.4 is 14.9 Å². The molecule has 6 nitrogen and oxygen atoms in total. The first kappa shape index (κ1) is 24.0. The third-order valence-corrected chi connectivity index (χ3v) is 5.04. The molecule has 3 aromatic carbocycles. The molecule has 0 aliphatic rings. The van der Waals surface area contributed by atoms with Gasteiger partial charge in [0.05, 0.1) is 11.8 Å². The van der Waals surface area contributed by atoms with Gasteiger partial charge in [0, 0.05) is 5.02 Å². The predicted octanol–water partition coefficient (Wildman–Crippen LogP) is 5.52. The van der Waals surface area contributed by atoms with Gasteiger partial charge in [-0.3, -0.25) is 4.79 Å². The molecule has 0 fully saturated rings. The molecule has 33 heavy (non-hydrogen) atoms. The van der Waals surface area contributed by atoms with E-state index in [1.807, 2.05) is 19.1 Å². The third kappa shape index (κ3) is 7.19. The molecule has 0 aliphatic carbocycles. The second kappa shape index (κ2) is 11.3. The van der Waals surface area contributed by atoms with Crippen molar-refractivity contribution in [1.82, 2.24) is 5.43 Å². The molecule has 170 valence electrons. The number of hydrogen-bond acceptors (Lipinski definition) is 5. The SMILES string of the molecule is Cc1ccc(C(C)C)cc1OCC(=O)N/N=C/c1cccc(OC(=O)c2ccc(Cl)cc2)c1. The van der Waals surface area contributed by atoms with Crippen LogP contribution in [0.5, 0.6) is 11.5 Å². The molecule has 1 N–H and O–H groups in total. The quantitative estimate of drug-likeness (QED) is 0.206. The number of rotatable bonds is 8. The van der Waals surface area contributed by atoms with E-state index in [1.165, 1.54) is 6.21 Å². The first-order chi connectivity index (χ1) is 15.8. The summed E-state index contributed by atoms with van der Waals surface area (Å²) in [5, 5.41) is 4.49. The highest BCUT2D eigenvalue weighted by Crippen LogP contribution is 2.24. The first-order valence-electron chi connectivity index (χ1n) is 10.4. The Morgan fingerprint density at radius 3 is 2.55 bits per heavy atom. The summed E-state index contributed by atoms with van der Waals surface area (Å²) in [7, 11) is 0. The number of ether oxygens (including phenoxy) is 2. The monoisotopic (exact) mass is 464 g/mol. The van der Waals surface area contributed by atoms with Crippen LogP contribution >= 0.6 is 11.6 Å². The van der Waals surface area contributed by atoms with Crippen molar-refractivity contribution in [3.63, 3.8) is 0 Å². The molecule has 0 aliphatic heterocycles. The van der Waals surface area contributed by atoms with Crippen LogP contribution in [0.4, 0.5) is 0 Å². The van der Waals surface area contributed by atoms with Crippen LogP contribution in [0.1, 0.15) is 46.8 Å². The molecule has 0 atom stereocenters. The third-order valence-electron chi connectivity index (χ3n) is 4.79. The van der Waals surface area contributed by atoms with Crippen LogP contribution in [-0.4, -0.2) is 24.7 Å². The molecule has 7 heteroatoms. The summed E-state index contributed by atoms with van der Waals surface area (Å²) in [6.07, 6.45) is 1.46. The molecule has 0 spiro atoms. The Bertz CT molecular complexity index is 1160. The van der Waals surface area contributed by atoms with E-state index in [0.29, 0.717) is 33.6 Å². The van der Waals surface area contributed by atoms with Crippen molar-refractivity contribution in [3.8, 4) is 11.5 Å². The average Bonchev–Trinajstić information content (AvgIpc) is 2.79. The zero-order valence-corrected chi connectivity index (χ0v) is 19.4. The van der Waals surface area contributed by atoms with Crippen molar-refractivity contribution in [2.75, 3.05) is 6.61 Å². The predicted molar refractivity (Wildman–Crippen MR) is 129 cm³/mol. The van der Waals surface area contributed by atoms with E-state index >= 15 is 0 Å². The lowest BCUT2D eigenvalue weighted by atomic mass is 10.0. The lowest BCUT2D eigenvalue weighted by Crippen LogP contribution is -2.24. The van der Waals surface area contributed by atoms with Crippen LogP contribution in [0.3, 0.4) is 0 Å². The standard InChI is InChI=1S/C26H25ClN2O4/c1-17(2)21-8-7-18(3)24(14-21)32-16-25(30)29-28-15-19-5-4-6-23(13-19)33-26(31)20-9-11-22(27)12-10-20/h4-15,17H,16H2,1-3H3,(H,29,30)/b28-15+. The van der Waals surface area contributed by atoms with Gasteiger partial charge in [-0.2, -0.15) is 5.10 Å². The van der Waals surface area contributed by atoms with Gasteiger partial charge in [-0.1, -0.05) is 49.7 Å². The van der Waals surface area contributed by atoms with Crippen molar-refractivity contribution in [2.24, 2.45) is 5.10 Å². The lowest BCUT2D eigenvalue weighted by Gasteiger charge is -2.12. The Morgan fingerprint density at radius 1 is 1.06 bits per heavy atom. The molecule has 0 bridgehead atoms. The molecule has 0 radical (unpaired) electrons. The van der Waals surface area contributed by atoms with Crippen molar-refractivity contribution < 1.29 is 19.1 Å². The molecular formula is C26H25ClN2O4. The topological polar surface area (TPSA) is 77.0 Å². The molecule has 0 unspecified atom stereocenters. The number of hydrazone groups is 1. The Balaban J connectivity index is 1.53. The number of nitrogens with one attached hydrogen (secondary N) is 1. The molecular weight excluding hydrogens is 440 g/mol. The molecule has 3 aromatic rings. The number of amides is 1. The van der Waals surface area contributed by atoms with Crippen LogP contribution in [0.15, 0.2) is 71.8 Å². The summed E-state index contributed by atoms with van der Waals surface area (Å²) in [5.74, 6) is 0.520. The minimum absolute atomic E-state index is 0.154. The number of aryl methyl sites for hydroxylation is 1. The van der Waals surface area contributed by atoms with Crippen molar-refractivity contribution in [3.05, 3.63) is 94.0 Å². The van der Waals surface area contributed by atoms with E-state index in [1.54, 1.807) is 48.5 Å². The van der Waals surface area contributed by atoms with Crippen molar-refractivity contribution in [2.45, 2.75) is 26.7 Å². The maximum Gasteiger partial charge on any atom is 0.343 e. The van der Waals surface area contributed by atoms with Gasteiger partial charge in [-0.25, -0.2) is 10.2 Å². The zero-order chi connectivity index (χ0) is 23.8. The normalized spacial score (nSPS) is 10.9. The van der Waals surface area contributed by atoms with Crippen molar-refractivity contribution >= 4 is 29.7 Å². The summed E-state index contributed by atoms with van der Waals surface area (Å²) in [4.78, 5) is 24.3. The molecule has 3 rings (SSSR count). The second-order valence-electron chi connectivity index (χ2n) is 7.73. The molecule has 1 amide bonds. The first-order valence-corrected chi connectivity index (χ1v) is 10.8. The average molecular weight is 465 g/mol. The largest absolute Gasteiger partial charge is 0.483 e. The highest BCUT2D eigenvalue weighted by atomic mass is 35.5. The fourth-order valence-corrected chi connectivity index (χ4v) is 3.02. The Labute approximate surface area is 198 Å². The maximum absolute atomic E-state index is 12.2. The summed E-state index contributed by atoms with van der Waals surface area (Å²) in [5.41, 5.74) is 5.58. The summed E-state index contributed by atoms with van der Waals surface area (Å²) in [6.45, 7) is 5.98. The van der Waals surface area contributed by atoms with E-state index < -0.39 is 5.97 Å². The Kier molecular flexibility index (Phi) is 8.22. The molecule has 0 saturated carbocycles. The summed E-state index contributed by atoms with van der Waals surface area (Å²) < 4.78 is 11.0. The number of carbonyl (C=O) groups is 2. The van der Waals surface area contributed by atoms with Gasteiger partial charge in [-0.15, -0.1) is 0 Å². The number of carbonyl (C=O) groups excluding carboxylic acids is 2. The van der Waals surface area contributed by atoms with Gasteiger partial charge < -0.3 is 9.47 Å². The Hall–Kier alpha value is -3.64. The number of hydrogen-bond donors (Lipinski definition) is 1. The van der Waals surface area contributed by atoms with Crippen LogP contribution in [-0.2, 0) is 4.79 Å². The lowest BCUT2D eigenvalue weighted by molar-refractivity contribution is -0.123. The van der Waals surface area contributed by atoms with Crippen LogP contribution in [0.2, 0.25) is 5.02 Å². The van der Waals surface area contributed by atoms with Gasteiger partial charge in [0.2, 0.25) is 0 Å². The highest BCUT2D eigenvalue weighted by molar-refractivity contribution is 6.30. The number of esters is 1. The van der Waals surface area contributed by atoms with E-state index in [-0.39, 0.29) is 12.5 Å². The smallest absolute Gasteiger partial charge is 0.343 e. The zero-order valence-electron chi connectivity index (χ0n) is 18.7. The fourth-order valence-electron chi connectivity index (χ4n) is 2.90. The summed E-state index contributed by atoms with van der Waals surface area (Å²) >= 11 is 5.84. The molecule has 0 aromatic heterocycles. The van der Waals surface area contributed by atoms with Gasteiger partial charge in [0.15, 0.2) is 6.61 Å². The van der Waals surface area contributed by atoms with Crippen molar-refractivity contribution in [1.29, 1.82) is 0 Å². The van der Waals surface area contributed by atoms with Crippen LogP contribution in [0.25, 0.3) is 0 Å². The van der Waals surface area contributed by atoms with Gasteiger partial charge in [0.25, 0.3) is 5.91 Å². The minimum atomic E-state index is -0.497. The number of halogens is 1. The highest BCUT2D eigenvalue weighted by Gasteiger charge is 2.09. The van der Waals surface area contributed by atoms with Gasteiger partial charge >= 0.3 is 5.97 Å². The van der Waals surface area contributed by atoms with Gasteiger partial charge in [0.1, 0.15) is 11.5 Å². The minimum Gasteiger partial charge on any atom is -0.483 e. The van der Waals surface area contributed by atoms with Crippen LogP contribution in [0, 0.1) is 6.92 Å². The summed E-state index contributed by atoms with van der Waals surface area (Å²) in [6, 6.07) is 19.2. The number of benzene rings is 3.